The Labute approximate surface area is 114 Å². The molecule has 0 bridgehead atoms. The van der Waals surface area contributed by atoms with E-state index in [-0.39, 0.29) is 20.4 Å². The van der Waals surface area contributed by atoms with Gasteiger partial charge in [0.2, 0.25) is 9.84 Å². The number of ether oxygens (including phenoxy) is 1. The van der Waals surface area contributed by atoms with E-state index in [9.17, 15) is 13.2 Å². The Morgan fingerprint density at radius 1 is 1.21 bits per heavy atom. The molecule has 1 aromatic carbocycles. The summed E-state index contributed by atoms with van der Waals surface area (Å²) in [7, 11) is -2.63. The smallest absolute Gasteiger partial charge is 0.339 e. The van der Waals surface area contributed by atoms with Gasteiger partial charge in [-0.25, -0.2) is 13.2 Å². The van der Waals surface area contributed by atoms with E-state index >= 15 is 0 Å². The normalized spacial score (nSPS) is 11.2. The zero-order valence-electron chi connectivity index (χ0n) is 9.99. The zero-order valence-corrected chi connectivity index (χ0v) is 11.6. The summed E-state index contributed by atoms with van der Waals surface area (Å²) in [5.74, 6) is -0.701. The van der Waals surface area contributed by atoms with Crippen LogP contribution in [-0.2, 0) is 14.6 Å². The first-order chi connectivity index (χ1) is 8.98. The van der Waals surface area contributed by atoms with Gasteiger partial charge in [0.05, 0.1) is 17.6 Å². The Morgan fingerprint density at radius 2 is 1.89 bits per heavy atom. The van der Waals surface area contributed by atoms with Crippen molar-refractivity contribution in [2.75, 3.05) is 12.8 Å². The van der Waals surface area contributed by atoms with Crippen LogP contribution < -0.4 is 5.73 Å². The third kappa shape index (κ3) is 2.34. The number of nitrogens with two attached hydrogens (primary N) is 1. The fourth-order valence-electron chi connectivity index (χ4n) is 1.63. The molecule has 19 heavy (non-hydrogen) atoms. The molecule has 1 heterocycles. The largest absolute Gasteiger partial charge is 0.465 e. The molecule has 2 aromatic rings. The van der Waals surface area contributed by atoms with Gasteiger partial charge in [-0.3, -0.25) is 0 Å². The minimum Gasteiger partial charge on any atom is -0.465 e. The second-order valence-electron chi connectivity index (χ2n) is 3.64. The van der Waals surface area contributed by atoms with Crippen LogP contribution in [0.3, 0.4) is 0 Å². The summed E-state index contributed by atoms with van der Waals surface area (Å²) in [6, 6.07) is 7.30. The molecule has 100 valence electrons. The lowest BCUT2D eigenvalue weighted by Gasteiger charge is -2.08. The Bertz CT molecular complexity index is 719. The van der Waals surface area contributed by atoms with Crippen molar-refractivity contribution >= 4 is 32.1 Å². The lowest BCUT2D eigenvalue weighted by atomic mass is 10.2. The third-order valence-corrected chi connectivity index (χ3v) is 5.27. The van der Waals surface area contributed by atoms with Crippen LogP contribution in [0.5, 0.6) is 0 Å². The highest BCUT2D eigenvalue weighted by atomic mass is 32.2. The van der Waals surface area contributed by atoms with Gasteiger partial charge >= 0.3 is 5.97 Å². The molecule has 0 saturated heterocycles. The molecule has 0 aliphatic carbocycles. The number of carbonyl (C=O) groups excluding carboxylic acids is 1. The number of esters is 1. The molecule has 0 spiro atoms. The number of methoxy groups -OCH3 is 1. The lowest BCUT2D eigenvalue weighted by Crippen LogP contribution is -2.11. The minimum absolute atomic E-state index is 0.00407. The van der Waals surface area contributed by atoms with Crippen molar-refractivity contribution in [3.8, 4) is 0 Å². The van der Waals surface area contributed by atoms with Crippen LogP contribution >= 0.6 is 11.3 Å². The van der Waals surface area contributed by atoms with Crippen molar-refractivity contribution in [1.29, 1.82) is 0 Å². The topological polar surface area (TPSA) is 86.5 Å². The van der Waals surface area contributed by atoms with E-state index in [1.54, 1.807) is 17.5 Å². The number of carbonyl (C=O) groups is 1. The maximum absolute atomic E-state index is 12.5. The van der Waals surface area contributed by atoms with Crippen LogP contribution in [0, 0.1) is 0 Å². The summed E-state index contributed by atoms with van der Waals surface area (Å²) >= 11 is 1.13. The number of sulfone groups is 1. The van der Waals surface area contributed by atoms with Crippen molar-refractivity contribution in [3.63, 3.8) is 0 Å². The van der Waals surface area contributed by atoms with Gasteiger partial charge in [-0.15, -0.1) is 11.3 Å². The van der Waals surface area contributed by atoms with Crippen molar-refractivity contribution in [3.05, 3.63) is 41.3 Å². The molecule has 7 heteroatoms. The van der Waals surface area contributed by atoms with Crippen LogP contribution in [-0.4, -0.2) is 21.5 Å². The number of anilines is 1. The molecule has 0 saturated carbocycles. The number of nitrogen functional groups attached to an aromatic ring is 1. The van der Waals surface area contributed by atoms with Crippen LogP contribution in [0.1, 0.15) is 10.4 Å². The van der Waals surface area contributed by atoms with E-state index in [0.29, 0.717) is 0 Å². The summed E-state index contributed by atoms with van der Waals surface area (Å²) in [6.45, 7) is 0. The molecule has 2 N–H and O–H groups in total. The molecule has 0 aliphatic heterocycles. The van der Waals surface area contributed by atoms with Gasteiger partial charge < -0.3 is 10.5 Å². The first kappa shape index (κ1) is 13.6. The maximum Gasteiger partial charge on any atom is 0.339 e. The predicted octanol–water partition coefficient (Wildman–Crippen LogP) is 1.95. The second-order valence-corrected chi connectivity index (χ2v) is 6.47. The van der Waals surface area contributed by atoms with Crippen molar-refractivity contribution in [2.45, 2.75) is 9.79 Å². The summed E-state index contributed by atoms with van der Waals surface area (Å²) in [5, 5.41) is 1.78. The number of rotatable bonds is 3. The van der Waals surface area contributed by atoms with E-state index in [1.165, 1.54) is 25.3 Å². The van der Waals surface area contributed by atoms with Crippen molar-refractivity contribution in [1.82, 2.24) is 0 Å². The quantitative estimate of drug-likeness (QED) is 0.875. The van der Waals surface area contributed by atoms with E-state index in [0.717, 1.165) is 11.3 Å². The molecule has 5 nitrogen and oxygen atoms in total. The van der Waals surface area contributed by atoms with Gasteiger partial charge in [0, 0.05) is 0 Å². The monoisotopic (exact) mass is 297 g/mol. The molecule has 0 atom stereocenters. The molecule has 0 aliphatic rings. The summed E-state index contributed by atoms with van der Waals surface area (Å²) < 4.78 is 29.5. The van der Waals surface area contributed by atoms with Crippen LogP contribution in [0.15, 0.2) is 45.5 Å². The first-order valence-electron chi connectivity index (χ1n) is 5.24. The second kappa shape index (κ2) is 5.02. The summed E-state index contributed by atoms with van der Waals surface area (Å²) in [6.07, 6.45) is 0. The molecule has 0 unspecified atom stereocenters. The Balaban J connectivity index is 2.66. The average Bonchev–Trinajstić information content (AvgIpc) is 2.85. The molecule has 0 fully saturated rings. The van der Waals surface area contributed by atoms with Gasteiger partial charge in [0.1, 0.15) is 9.90 Å². The van der Waals surface area contributed by atoms with Crippen LogP contribution in [0.2, 0.25) is 0 Å². The first-order valence-corrected chi connectivity index (χ1v) is 7.60. The number of benzene rings is 1. The zero-order chi connectivity index (χ0) is 14.0. The van der Waals surface area contributed by atoms with E-state index in [1.807, 2.05) is 0 Å². The van der Waals surface area contributed by atoms with Crippen LogP contribution in [0.25, 0.3) is 0 Å². The Morgan fingerprint density at radius 3 is 2.47 bits per heavy atom. The van der Waals surface area contributed by atoms with E-state index in [4.69, 9.17) is 5.73 Å². The molecule has 0 amide bonds. The van der Waals surface area contributed by atoms with Crippen molar-refractivity contribution in [2.24, 2.45) is 0 Å². The molecular formula is C12H11NO4S2. The third-order valence-electron chi connectivity index (χ3n) is 2.53. The highest BCUT2D eigenvalue weighted by Crippen LogP contribution is 2.31. The highest BCUT2D eigenvalue weighted by Gasteiger charge is 2.26. The SMILES string of the molecule is COC(=O)c1ccccc1S(=O)(=O)c1ccsc1N. The number of hydrogen-bond donors (Lipinski definition) is 1. The maximum atomic E-state index is 12.5. The fourth-order valence-corrected chi connectivity index (χ4v) is 4.17. The Hall–Kier alpha value is -1.86. The lowest BCUT2D eigenvalue weighted by molar-refractivity contribution is 0.0596. The van der Waals surface area contributed by atoms with Crippen molar-refractivity contribution < 1.29 is 17.9 Å². The number of hydrogen-bond acceptors (Lipinski definition) is 6. The standard InChI is InChI=1S/C12H11NO4S2/c1-17-12(14)8-4-2-3-5-9(8)19(15,16)10-6-7-18-11(10)13/h2-7H,13H2,1H3. The van der Waals surface area contributed by atoms with Gasteiger partial charge in [-0.05, 0) is 23.6 Å². The average molecular weight is 297 g/mol. The van der Waals surface area contributed by atoms with Gasteiger partial charge in [-0.1, -0.05) is 12.1 Å². The highest BCUT2D eigenvalue weighted by molar-refractivity contribution is 7.92. The van der Waals surface area contributed by atoms with Gasteiger partial charge in [0.25, 0.3) is 0 Å². The number of thiophene rings is 1. The summed E-state index contributed by atoms with van der Waals surface area (Å²) in [5.41, 5.74) is 5.64. The predicted molar refractivity (Wildman–Crippen MR) is 72.0 cm³/mol. The van der Waals surface area contributed by atoms with E-state index < -0.39 is 15.8 Å². The van der Waals surface area contributed by atoms with Gasteiger partial charge in [-0.2, -0.15) is 0 Å². The molecule has 0 radical (unpaired) electrons. The molecule has 1 aromatic heterocycles. The Kier molecular flexibility index (Phi) is 3.59. The van der Waals surface area contributed by atoms with Gasteiger partial charge in [0.15, 0.2) is 0 Å². The molecule has 2 rings (SSSR count). The molecular weight excluding hydrogens is 286 g/mol. The van der Waals surface area contributed by atoms with E-state index in [2.05, 4.69) is 4.74 Å². The summed E-state index contributed by atoms with van der Waals surface area (Å²) in [4.78, 5) is 11.5. The fraction of sp³-hybridized carbons (Fsp3) is 0.0833. The van der Waals surface area contributed by atoms with Crippen LogP contribution in [0.4, 0.5) is 5.00 Å². The minimum atomic E-state index is -3.83.